The molecule has 0 radical (unpaired) electrons. The molecule has 0 amide bonds. The lowest BCUT2D eigenvalue weighted by Gasteiger charge is -2.24. The van der Waals surface area contributed by atoms with Crippen molar-refractivity contribution in [1.29, 1.82) is 0 Å². The van der Waals surface area contributed by atoms with Gasteiger partial charge in [0.2, 0.25) is 0 Å². The Morgan fingerprint density at radius 3 is 2.33 bits per heavy atom. The van der Waals surface area contributed by atoms with E-state index in [1.807, 2.05) is 51.1 Å². The number of hydrogen-bond acceptors (Lipinski definition) is 2. The molecular weight excluding hydrogens is 287 g/mol. The summed E-state index contributed by atoms with van der Waals surface area (Å²) in [4.78, 5) is 4.12. The fraction of sp³-hybridized carbons (Fsp3) is 0.312. The maximum Gasteiger partial charge on any atom is 0.141 e. The normalized spacial score (nSPS) is 14.7. The number of aromatic nitrogens is 1. The second-order valence-electron chi connectivity index (χ2n) is 5.74. The molecule has 3 nitrogen and oxygen atoms in total. The SMILES string of the molecule is CC(C)(C)S(=O)NC(c1ccccc1)c1ccc(F)cn1. The van der Waals surface area contributed by atoms with Crippen molar-refractivity contribution in [3.05, 3.63) is 65.7 Å². The molecule has 0 bridgehead atoms. The van der Waals surface area contributed by atoms with Crippen LogP contribution in [0.25, 0.3) is 0 Å². The molecule has 0 aliphatic rings. The zero-order valence-corrected chi connectivity index (χ0v) is 13.2. The highest BCUT2D eigenvalue weighted by Crippen LogP contribution is 2.23. The summed E-state index contributed by atoms with van der Waals surface area (Å²) in [6, 6.07) is 12.2. The third-order valence-corrected chi connectivity index (χ3v) is 4.52. The first-order valence-electron chi connectivity index (χ1n) is 6.72. The van der Waals surface area contributed by atoms with Crippen molar-refractivity contribution in [3.8, 4) is 0 Å². The number of pyridine rings is 1. The summed E-state index contributed by atoms with van der Waals surface area (Å²) in [6.45, 7) is 5.70. The molecule has 2 unspecified atom stereocenters. The van der Waals surface area contributed by atoms with Gasteiger partial charge in [0, 0.05) is 0 Å². The van der Waals surface area contributed by atoms with Crippen LogP contribution >= 0.6 is 0 Å². The molecule has 1 aromatic heterocycles. The third-order valence-electron chi connectivity index (χ3n) is 2.96. The maximum atomic E-state index is 13.1. The summed E-state index contributed by atoms with van der Waals surface area (Å²) >= 11 is 0. The first-order chi connectivity index (χ1) is 9.88. The summed E-state index contributed by atoms with van der Waals surface area (Å²) in [5, 5.41) is 0. The fourth-order valence-corrected chi connectivity index (χ4v) is 2.61. The average molecular weight is 306 g/mol. The summed E-state index contributed by atoms with van der Waals surface area (Å²) in [5.74, 6) is -0.387. The van der Waals surface area contributed by atoms with E-state index >= 15 is 0 Å². The van der Waals surface area contributed by atoms with Crippen LogP contribution < -0.4 is 4.72 Å². The van der Waals surface area contributed by atoms with E-state index in [4.69, 9.17) is 0 Å². The predicted octanol–water partition coefficient (Wildman–Crippen LogP) is 3.36. The van der Waals surface area contributed by atoms with Gasteiger partial charge in [-0.2, -0.15) is 0 Å². The van der Waals surface area contributed by atoms with Crippen molar-refractivity contribution in [2.75, 3.05) is 0 Å². The van der Waals surface area contributed by atoms with E-state index in [2.05, 4.69) is 9.71 Å². The Labute approximate surface area is 127 Å². The van der Waals surface area contributed by atoms with Crippen LogP contribution in [0.4, 0.5) is 4.39 Å². The number of hydrogen-bond donors (Lipinski definition) is 1. The van der Waals surface area contributed by atoms with Gasteiger partial charge in [-0.3, -0.25) is 4.98 Å². The van der Waals surface area contributed by atoms with Gasteiger partial charge in [0.25, 0.3) is 0 Å². The molecule has 2 atom stereocenters. The van der Waals surface area contributed by atoms with Crippen molar-refractivity contribution in [2.45, 2.75) is 31.6 Å². The van der Waals surface area contributed by atoms with E-state index in [1.54, 1.807) is 6.07 Å². The first kappa shape index (κ1) is 15.8. The lowest BCUT2D eigenvalue weighted by molar-refractivity contribution is 0.608. The van der Waals surface area contributed by atoms with Crippen molar-refractivity contribution in [2.24, 2.45) is 0 Å². The van der Waals surface area contributed by atoms with Crippen LogP contribution in [-0.2, 0) is 11.0 Å². The Balaban J connectivity index is 2.36. The number of halogens is 1. The van der Waals surface area contributed by atoms with Gasteiger partial charge >= 0.3 is 0 Å². The Morgan fingerprint density at radius 2 is 1.81 bits per heavy atom. The zero-order valence-electron chi connectivity index (χ0n) is 12.3. The van der Waals surface area contributed by atoms with E-state index in [0.29, 0.717) is 5.69 Å². The quantitative estimate of drug-likeness (QED) is 0.941. The standard InChI is InChI=1S/C16H19FN2OS/c1-16(2,3)21(20)19-15(12-7-5-4-6-8-12)14-10-9-13(17)11-18-14/h4-11,15,19H,1-3H3. The van der Waals surface area contributed by atoms with Crippen LogP contribution in [0.1, 0.15) is 38.1 Å². The topological polar surface area (TPSA) is 42.0 Å². The Morgan fingerprint density at radius 1 is 1.14 bits per heavy atom. The molecule has 2 rings (SSSR count). The minimum atomic E-state index is -1.26. The van der Waals surface area contributed by atoms with Crippen molar-refractivity contribution in [3.63, 3.8) is 0 Å². The summed E-state index contributed by atoms with van der Waals surface area (Å²) in [6.07, 6.45) is 1.17. The number of nitrogens with one attached hydrogen (secondary N) is 1. The van der Waals surface area contributed by atoms with E-state index in [1.165, 1.54) is 12.3 Å². The van der Waals surface area contributed by atoms with Gasteiger partial charge in [0.1, 0.15) is 5.82 Å². The van der Waals surface area contributed by atoms with Crippen molar-refractivity contribution in [1.82, 2.24) is 9.71 Å². The molecule has 0 aliphatic heterocycles. The molecule has 1 aromatic carbocycles. The molecule has 0 aliphatic carbocycles. The van der Waals surface area contributed by atoms with Gasteiger partial charge in [0.05, 0.1) is 33.7 Å². The lowest BCUT2D eigenvalue weighted by atomic mass is 10.0. The summed E-state index contributed by atoms with van der Waals surface area (Å²) in [7, 11) is -1.26. The molecule has 1 heterocycles. The van der Waals surface area contributed by atoms with Gasteiger partial charge in [-0.1, -0.05) is 30.3 Å². The Kier molecular flexibility index (Phi) is 4.85. The molecule has 0 saturated heterocycles. The van der Waals surface area contributed by atoms with Crippen molar-refractivity contribution < 1.29 is 8.60 Å². The minimum absolute atomic E-state index is 0.341. The second kappa shape index (κ2) is 6.45. The number of rotatable bonds is 4. The molecule has 112 valence electrons. The van der Waals surface area contributed by atoms with Crippen LogP contribution in [0.5, 0.6) is 0 Å². The van der Waals surface area contributed by atoms with Gasteiger partial charge in [-0.05, 0) is 38.5 Å². The van der Waals surface area contributed by atoms with Gasteiger partial charge in [-0.25, -0.2) is 13.3 Å². The Bertz CT molecular complexity index is 608. The molecule has 2 aromatic rings. The lowest BCUT2D eigenvalue weighted by Crippen LogP contribution is -2.36. The van der Waals surface area contributed by atoms with Crippen LogP contribution in [-0.4, -0.2) is 13.9 Å². The van der Waals surface area contributed by atoms with E-state index in [9.17, 15) is 8.60 Å². The third kappa shape index (κ3) is 4.19. The number of benzene rings is 1. The maximum absolute atomic E-state index is 13.1. The summed E-state index contributed by atoms with van der Waals surface area (Å²) in [5.41, 5.74) is 1.58. The molecule has 5 heteroatoms. The highest BCUT2D eigenvalue weighted by Gasteiger charge is 2.25. The van der Waals surface area contributed by atoms with Crippen LogP contribution in [0.3, 0.4) is 0 Å². The fourth-order valence-electron chi connectivity index (χ4n) is 1.79. The van der Waals surface area contributed by atoms with Crippen LogP contribution in [0.2, 0.25) is 0 Å². The van der Waals surface area contributed by atoms with E-state index < -0.39 is 15.7 Å². The second-order valence-corrected chi connectivity index (χ2v) is 7.74. The first-order valence-corrected chi connectivity index (χ1v) is 7.87. The smallest absolute Gasteiger partial charge is 0.141 e. The Hall–Kier alpha value is -1.59. The van der Waals surface area contributed by atoms with Gasteiger partial charge < -0.3 is 0 Å². The molecular formula is C16H19FN2OS. The molecule has 1 N–H and O–H groups in total. The average Bonchev–Trinajstić information content (AvgIpc) is 2.45. The predicted molar refractivity (Wildman–Crippen MR) is 83.5 cm³/mol. The molecule has 0 saturated carbocycles. The molecule has 21 heavy (non-hydrogen) atoms. The number of nitrogens with zero attached hydrogens (tertiary/aromatic N) is 1. The molecule has 0 spiro atoms. The highest BCUT2D eigenvalue weighted by atomic mass is 32.2. The van der Waals surface area contributed by atoms with Gasteiger partial charge in [0.15, 0.2) is 0 Å². The largest absolute Gasteiger partial charge is 0.256 e. The van der Waals surface area contributed by atoms with Crippen molar-refractivity contribution >= 4 is 11.0 Å². The minimum Gasteiger partial charge on any atom is -0.256 e. The van der Waals surface area contributed by atoms with Crippen LogP contribution in [0.15, 0.2) is 48.7 Å². The van der Waals surface area contributed by atoms with Gasteiger partial charge in [-0.15, -0.1) is 0 Å². The monoisotopic (exact) mass is 306 g/mol. The highest BCUT2D eigenvalue weighted by molar-refractivity contribution is 7.84. The van der Waals surface area contributed by atoms with E-state index in [0.717, 1.165) is 5.56 Å². The zero-order chi connectivity index (χ0) is 15.5. The summed E-state index contributed by atoms with van der Waals surface area (Å²) < 4.78 is 28.1. The van der Waals surface area contributed by atoms with E-state index in [-0.39, 0.29) is 11.9 Å². The van der Waals surface area contributed by atoms with Crippen LogP contribution in [0, 0.1) is 5.82 Å². The molecule has 0 fully saturated rings.